The molecule has 2 aromatic rings. The van der Waals surface area contributed by atoms with Gasteiger partial charge in [-0.05, 0) is 98.9 Å². The number of nitrogens with zero attached hydrogens (tertiary/aromatic N) is 1. The van der Waals surface area contributed by atoms with Crippen molar-refractivity contribution in [2.45, 2.75) is 64.0 Å². The molecule has 5 fully saturated rings. The summed E-state index contributed by atoms with van der Waals surface area (Å²) in [5, 5.41) is 11.6. The van der Waals surface area contributed by atoms with Crippen LogP contribution in [0.25, 0.3) is 10.9 Å². The molecular formula is C26H33ClN4O. The number of hydrogen-bond acceptors (Lipinski definition) is 4. The zero-order valence-corrected chi connectivity index (χ0v) is 19.4. The lowest BCUT2D eigenvalue weighted by Gasteiger charge is -2.56. The molecule has 1 aromatic carbocycles. The zero-order chi connectivity index (χ0) is 21.7. The lowest BCUT2D eigenvalue weighted by atomic mass is 9.49. The molecule has 0 spiro atoms. The van der Waals surface area contributed by atoms with E-state index in [1.807, 2.05) is 18.2 Å². The second-order valence-corrected chi connectivity index (χ2v) is 11.4. The highest BCUT2D eigenvalue weighted by Gasteiger charge is 2.51. The Morgan fingerprint density at radius 3 is 2.53 bits per heavy atom. The topological polar surface area (TPSA) is 66.0 Å². The van der Waals surface area contributed by atoms with Gasteiger partial charge in [0.2, 0.25) is 5.91 Å². The Bertz CT molecular complexity index is 997. The maximum atomic E-state index is 13.2. The average molecular weight is 453 g/mol. The molecule has 4 saturated carbocycles. The van der Waals surface area contributed by atoms with Gasteiger partial charge in [-0.2, -0.15) is 0 Å². The van der Waals surface area contributed by atoms with Crippen LogP contribution in [-0.4, -0.2) is 30.0 Å². The number of benzene rings is 1. The third-order valence-electron chi connectivity index (χ3n) is 8.48. The lowest BCUT2D eigenvalue weighted by Crippen LogP contribution is -2.47. The van der Waals surface area contributed by atoms with Crippen molar-refractivity contribution in [3.63, 3.8) is 0 Å². The lowest BCUT2D eigenvalue weighted by molar-refractivity contribution is -0.124. The maximum Gasteiger partial charge on any atom is 0.224 e. The molecule has 1 amide bonds. The standard InChI is InChI=1S/C26H33ClN4O/c27-22-3-4-23-21(2-1-20(30-23)15-29-19-5-6-28-14-19)25(22)31-24(32)13-26-10-16-7-17(11-26)9-18(8-16)12-26/h1-4,16-19,28-29H,5-15H2,(H,31,32). The number of fused-ring (bicyclic) bond motifs is 1. The van der Waals surface area contributed by atoms with Crippen LogP contribution in [0.15, 0.2) is 24.3 Å². The summed E-state index contributed by atoms with van der Waals surface area (Å²) in [5.74, 6) is 2.67. The molecule has 3 N–H and O–H groups in total. The molecule has 5 nitrogen and oxygen atoms in total. The minimum atomic E-state index is 0.112. The van der Waals surface area contributed by atoms with Gasteiger partial charge in [0.15, 0.2) is 0 Å². The van der Waals surface area contributed by atoms with Gasteiger partial charge < -0.3 is 16.0 Å². The largest absolute Gasteiger partial charge is 0.324 e. The number of halogens is 1. The summed E-state index contributed by atoms with van der Waals surface area (Å²) >= 11 is 6.55. The molecule has 4 aliphatic carbocycles. The molecule has 170 valence electrons. The SMILES string of the molecule is O=C(CC12CC3CC(CC(C3)C1)C2)Nc1c(Cl)ccc2nc(CNC3CCNC3)ccc12. The van der Waals surface area contributed by atoms with Crippen molar-refractivity contribution in [3.8, 4) is 0 Å². The van der Waals surface area contributed by atoms with Gasteiger partial charge in [0, 0.05) is 30.9 Å². The van der Waals surface area contributed by atoms with Crippen molar-refractivity contribution in [2.24, 2.45) is 23.2 Å². The van der Waals surface area contributed by atoms with E-state index in [0.29, 0.717) is 23.2 Å². The number of hydrogen-bond donors (Lipinski definition) is 3. The molecule has 5 aliphatic rings. The molecule has 4 bridgehead atoms. The molecular weight excluding hydrogens is 420 g/mol. The Labute approximate surface area is 195 Å². The molecule has 0 radical (unpaired) electrons. The fraction of sp³-hybridized carbons (Fsp3) is 0.615. The van der Waals surface area contributed by atoms with Crippen LogP contribution < -0.4 is 16.0 Å². The Hall–Kier alpha value is -1.69. The minimum Gasteiger partial charge on any atom is -0.324 e. The maximum absolute atomic E-state index is 13.2. The number of carbonyl (C=O) groups is 1. The molecule has 1 aliphatic heterocycles. The minimum absolute atomic E-state index is 0.112. The molecule has 2 heterocycles. The first-order valence-electron chi connectivity index (χ1n) is 12.4. The van der Waals surface area contributed by atoms with E-state index in [4.69, 9.17) is 16.6 Å². The van der Waals surface area contributed by atoms with Gasteiger partial charge in [-0.15, -0.1) is 0 Å². The monoisotopic (exact) mass is 452 g/mol. The van der Waals surface area contributed by atoms with E-state index in [9.17, 15) is 4.79 Å². The van der Waals surface area contributed by atoms with E-state index in [1.165, 1.54) is 38.5 Å². The first kappa shape index (κ1) is 20.9. The molecule has 1 atom stereocenters. The summed E-state index contributed by atoms with van der Waals surface area (Å²) < 4.78 is 0. The number of amides is 1. The summed E-state index contributed by atoms with van der Waals surface area (Å²) in [4.78, 5) is 18.0. The van der Waals surface area contributed by atoms with Crippen molar-refractivity contribution in [2.75, 3.05) is 18.4 Å². The number of rotatable bonds is 6. The summed E-state index contributed by atoms with van der Waals surface area (Å²) in [7, 11) is 0. The Morgan fingerprint density at radius 1 is 1.09 bits per heavy atom. The average Bonchev–Trinajstić information content (AvgIpc) is 3.26. The predicted octanol–water partition coefficient (Wildman–Crippen LogP) is 4.88. The van der Waals surface area contributed by atoms with E-state index in [1.54, 1.807) is 0 Å². The van der Waals surface area contributed by atoms with Crippen molar-refractivity contribution in [1.82, 2.24) is 15.6 Å². The quantitative estimate of drug-likeness (QED) is 0.584. The number of pyridine rings is 1. The Balaban J connectivity index is 1.18. The molecule has 6 heteroatoms. The van der Waals surface area contributed by atoms with Crippen LogP contribution in [0, 0.1) is 23.2 Å². The van der Waals surface area contributed by atoms with E-state index in [0.717, 1.165) is 60.4 Å². The fourth-order valence-electron chi connectivity index (χ4n) is 7.55. The number of anilines is 1. The van der Waals surface area contributed by atoms with Crippen LogP contribution >= 0.6 is 11.6 Å². The van der Waals surface area contributed by atoms with Crippen LogP contribution in [0.5, 0.6) is 0 Å². The third kappa shape index (κ3) is 4.04. The predicted molar refractivity (Wildman–Crippen MR) is 129 cm³/mol. The Morgan fingerprint density at radius 2 is 1.84 bits per heavy atom. The normalized spacial score (nSPS) is 33.2. The Kier molecular flexibility index (Phi) is 5.39. The summed E-state index contributed by atoms with van der Waals surface area (Å²) in [5.41, 5.74) is 2.83. The number of aromatic nitrogens is 1. The van der Waals surface area contributed by atoms with Crippen molar-refractivity contribution in [1.29, 1.82) is 0 Å². The second-order valence-electron chi connectivity index (χ2n) is 11.0. The van der Waals surface area contributed by atoms with E-state index in [-0.39, 0.29) is 11.3 Å². The third-order valence-corrected chi connectivity index (χ3v) is 8.79. The molecule has 1 saturated heterocycles. The van der Waals surface area contributed by atoms with Crippen LogP contribution in [-0.2, 0) is 11.3 Å². The van der Waals surface area contributed by atoms with E-state index < -0.39 is 0 Å². The van der Waals surface area contributed by atoms with Gasteiger partial charge in [-0.1, -0.05) is 11.6 Å². The number of carbonyl (C=O) groups excluding carboxylic acids is 1. The van der Waals surface area contributed by atoms with Crippen molar-refractivity contribution in [3.05, 3.63) is 35.0 Å². The zero-order valence-electron chi connectivity index (χ0n) is 18.6. The van der Waals surface area contributed by atoms with Gasteiger partial charge >= 0.3 is 0 Å². The van der Waals surface area contributed by atoms with Gasteiger partial charge in [0.05, 0.1) is 21.9 Å². The van der Waals surface area contributed by atoms with Gasteiger partial charge in [0.25, 0.3) is 0 Å². The van der Waals surface area contributed by atoms with Crippen LogP contribution in [0.3, 0.4) is 0 Å². The summed E-state index contributed by atoms with van der Waals surface area (Å²) in [6.45, 7) is 2.84. The van der Waals surface area contributed by atoms with Gasteiger partial charge in [-0.25, -0.2) is 0 Å². The van der Waals surface area contributed by atoms with Crippen molar-refractivity contribution >= 4 is 34.1 Å². The van der Waals surface area contributed by atoms with Crippen LogP contribution in [0.4, 0.5) is 5.69 Å². The highest BCUT2D eigenvalue weighted by Crippen LogP contribution is 2.61. The highest BCUT2D eigenvalue weighted by atomic mass is 35.5. The first-order valence-corrected chi connectivity index (χ1v) is 12.8. The highest BCUT2D eigenvalue weighted by molar-refractivity contribution is 6.35. The van der Waals surface area contributed by atoms with Crippen molar-refractivity contribution < 1.29 is 4.79 Å². The van der Waals surface area contributed by atoms with Gasteiger partial charge in [-0.3, -0.25) is 9.78 Å². The number of nitrogens with one attached hydrogen (secondary N) is 3. The molecule has 32 heavy (non-hydrogen) atoms. The molecule has 7 rings (SSSR count). The molecule has 1 unspecified atom stereocenters. The fourth-order valence-corrected chi connectivity index (χ4v) is 7.77. The van der Waals surface area contributed by atoms with Crippen LogP contribution in [0.2, 0.25) is 5.02 Å². The first-order chi connectivity index (χ1) is 15.6. The van der Waals surface area contributed by atoms with E-state index >= 15 is 0 Å². The molecule has 1 aromatic heterocycles. The smallest absolute Gasteiger partial charge is 0.224 e. The second kappa shape index (κ2) is 8.27. The summed E-state index contributed by atoms with van der Waals surface area (Å²) in [6, 6.07) is 8.42. The van der Waals surface area contributed by atoms with Crippen LogP contribution in [0.1, 0.15) is 57.1 Å². The van der Waals surface area contributed by atoms with E-state index in [2.05, 4.69) is 22.0 Å². The van der Waals surface area contributed by atoms with Gasteiger partial charge in [0.1, 0.15) is 0 Å². The summed E-state index contributed by atoms with van der Waals surface area (Å²) in [6.07, 6.45) is 9.71.